The summed E-state index contributed by atoms with van der Waals surface area (Å²) >= 11 is 0. The second-order valence-electron chi connectivity index (χ2n) is 6.74. The average Bonchev–Trinajstić information content (AvgIpc) is 2.96. The molecular weight excluding hydrogens is 321 g/mol. The molecule has 25 heavy (non-hydrogen) atoms. The number of carbonyl (C=O) groups is 1. The van der Waals surface area contributed by atoms with Gasteiger partial charge in [-0.3, -0.25) is 9.48 Å². The van der Waals surface area contributed by atoms with Crippen LogP contribution in [0.2, 0.25) is 0 Å². The van der Waals surface area contributed by atoms with Crippen LogP contribution in [0.15, 0.2) is 30.3 Å². The van der Waals surface area contributed by atoms with Gasteiger partial charge in [0.2, 0.25) is 5.91 Å². The molecule has 5 nitrogen and oxygen atoms in total. The topological polar surface area (TPSA) is 67.2 Å². The standard InChI is InChI=1S/C19H24FN3O2/c1-23-18(11-16(22-23)13-6-3-2-4-7-13)21-19(25)12-17(24)14-8-5-9-15(20)10-14/h5,8-11,13,17,24H,2-4,6-7,12H2,1H3,(H,21,25). The van der Waals surface area contributed by atoms with Crippen molar-refractivity contribution in [2.45, 2.75) is 50.5 Å². The second-order valence-corrected chi connectivity index (χ2v) is 6.74. The number of aliphatic hydroxyl groups excluding tert-OH is 1. The van der Waals surface area contributed by atoms with Crippen molar-refractivity contribution in [3.05, 3.63) is 47.4 Å². The summed E-state index contributed by atoms with van der Waals surface area (Å²) in [5.41, 5.74) is 1.41. The number of nitrogens with zero attached hydrogens (tertiary/aromatic N) is 2. The Morgan fingerprint density at radius 2 is 2.12 bits per heavy atom. The Hall–Kier alpha value is -2.21. The van der Waals surface area contributed by atoms with E-state index in [0.717, 1.165) is 18.5 Å². The van der Waals surface area contributed by atoms with Gasteiger partial charge in [0.15, 0.2) is 0 Å². The molecule has 1 aliphatic rings. The molecule has 134 valence electrons. The van der Waals surface area contributed by atoms with Crippen LogP contribution in [-0.2, 0) is 11.8 Å². The Morgan fingerprint density at radius 3 is 2.84 bits per heavy atom. The van der Waals surface area contributed by atoms with E-state index < -0.39 is 11.9 Å². The van der Waals surface area contributed by atoms with E-state index in [1.54, 1.807) is 17.8 Å². The fourth-order valence-corrected chi connectivity index (χ4v) is 3.41. The number of aromatic nitrogens is 2. The molecule has 1 heterocycles. The summed E-state index contributed by atoms with van der Waals surface area (Å²) < 4.78 is 14.9. The molecule has 1 amide bonds. The fourth-order valence-electron chi connectivity index (χ4n) is 3.41. The minimum Gasteiger partial charge on any atom is -0.388 e. The first-order valence-electron chi connectivity index (χ1n) is 8.80. The summed E-state index contributed by atoms with van der Waals surface area (Å²) in [6.45, 7) is 0. The van der Waals surface area contributed by atoms with Gasteiger partial charge in [-0.1, -0.05) is 31.4 Å². The van der Waals surface area contributed by atoms with E-state index >= 15 is 0 Å². The minimum atomic E-state index is -1.04. The number of hydrogen-bond acceptors (Lipinski definition) is 3. The van der Waals surface area contributed by atoms with E-state index in [0.29, 0.717) is 17.3 Å². The van der Waals surface area contributed by atoms with Crippen molar-refractivity contribution in [3.8, 4) is 0 Å². The molecule has 3 rings (SSSR count). The highest BCUT2D eigenvalue weighted by atomic mass is 19.1. The van der Waals surface area contributed by atoms with Crippen LogP contribution in [0.25, 0.3) is 0 Å². The smallest absolute Gasteiger partial charge is 0.228 e. The molecule has 1 aromatic heterocycles. The first kappa shape index (κ1) is 17.6. The molecule has 0 aliphatic heterocycles. The number of nitrogens with one attached hydrogen (secondary N) is 1. The third kappa shape index (κ3) is 4.45. The summed E-state index contributed by atoms with van der Waals surface area (Å²) in [4.78, 5) is 12.2. The predicted molar refractivity (Wildman–Crippen MR) is 93.6 cm³/mol. The van der Waals surface area contributed by atoms with Gasteiger partial charge in [0.1, 0.15) is 11.6 Å². The van der Waals surface area contributed by atoms with E-state index in [1.165, 1.54) is 37.5 Å². The molecule has 1 aliphatic carbocycles. The lowest BCUT2D eigenvalue weighted by Crippen LogP contribution is -2.17. The van der Waals surface area contributed by atoms with Crippen molar-refractivity contribution in [2.24, 2.45) is 7.05 Å². The monoisotopic (exact) mass is 345 g/mol. The largest absolute Gasteiger partial charge is 0.388 e. The Balaban J connectivity index is 1.61. The summed E-state index contributed by atoms with van der Waals surface area (Å²) in [6, 6.07) is 7.58. The zero-order chi connectivity index (χ0) is 17.8. The summed E-state index contributed by atoms with van der Waals surface area (Å²) in [7, 11) is 1.80. The van der Waals surface area contributed by atoms with Crippen LogP contribution in [0.4, 0.5) is 10.2 Å². The molecule has 1 atom stereocenters. The first-order chi connectivity index (χ1) is 12.0. The molecule has 6 heteroatoms. The lowest BCUT2D eigenvalue weighted by Gasteiger charge is -2.19. The third-order valence-corrected chi connectivity index (χ3v) is 4.80. The zero-order valence-corrected chi connectivity index (χ0v) is 14.4. The minimum absolute atomic E-state index is 0.132. The SMILES string of the molecule is Cn1nc(C2CCCCC2)cc1NC(=O)CC(O)c1cccc(F)c1. The number of halogens is 1. The molecule has 1 unspecified atom stereocenters. The molecule has 0 radical (unpaired) electrons. The van der Waals surface area contributed by atoms with Gasteiger partial charge >= 0.3 is 0 Å². The van der Waals surface area contributed by atoms with Gasteiger partial charge in [-0.05, 0) is 30.5 Å². The van der Waals surface area contributed by atoms with Gasteiger partial charge in [-0.25, -0.2) is 4.39 Å². The number of aryl methyl sites for hydroxylation is 1. The predicted octanol–water partition coefficient (Wildman–Crippen LogP) is 3.67. The van der Waals surface area contributed by atoms with E-state index in [2.05, 4.69) is 10.4 Å². The number of amides is 1. The lowest BCUT2D eigenvalue weighted by atomic mass is 9.87. The van der Waals surface area contributed by atoms with Crippen LogP contribution in [0.5, 0.6) is 0 Å². The highest BCUT2D eigenvalue weighted by Crippen LogP contribution is 2.32. The van der Waals surface area contributed by atoms with Crippen LogP contribution in [0.1, 0.15) is 61.8 Å². The van der Waals surface area contributed by atoms with Crippen molar-refractivity contribution in [2.75, 3.05) is 5.32 Å². The van der Waals surface area contributed by atoms with Crippen molar-refractivity contribution < 1.29 is 14.3 Å². The van der Waals surface area contributed by atoms with Crippen molar-refractivity contribution in [1.82, 2.24) is 9.78 Å². The fraction of sp³-hybridized carbons (Fsp3) is 0.474. The maximum absolute atomic E-state index is 13.2. The molecule has 0 saturated heterocycles. The number of carbonyl (C=O) groups excluding carboxylic acids is 1. The Labute approximate surface area is 146 Å². The van der Waals surface area contributed by atoms with Crippen LogP contribution in [-0.4, -0.2) is 20.8 Å². The first-order valence-corrected chi connectivity index (χ1v) is 8.80. The Kier molecular flexibility index (Phi) is 5.48. The summed E-state index contributed by atoms with van der Waals surface area (Å²) in [5.74, 6) is 0.330. The molecule has 1 fully saturated rings. The maximum Gasteiger partial charge on any atom is 0.228 e. The Bertz CT molecular complexity index is 738. The number of aliphatic hydroxyl groups is 1. The van der Waals surface area contributed by atoms with E-state index in [9.17, 15) is 14.3 Å². The van der Waals surface area contributed by atoms with Gasteiger partial charge in [0, 0.05) is 19.0 Å². The van der Waals surface area contributed by atoms with Crippen molar-refractivity contribution in [1.29, 1.82) is 0 Å². The summed E-state index contributed by atoms with van der Waals surface area (Å²) in [6.07, 6.45) is 4.84. The molecular formula is C19H24FN3O2. The quantitative estimate of drug-likeness (QED) is 0.869. The molecule has 2 N–H and O–H groups in total. The van der Waals surface area contributed by atoms with Crippen molar-refractivity contribution >= 4 is 11.7 Å². The van der Waals surface area contributed by atoms with Gasteiger partial charge in [0.05, 0.1) is 18.2 Å². The van der Waals surface area contributed by atoms with Crippen molar-refractivity contribution in [3.63, 3.8) is 0 Å². The van der Waals surface area contributed by atoms with Crippen LogP contribution >= 0.6 is 0 Å². The second kappa shape index (κ2) is 7.78. The summed E-state index contributed by atoms with van der Waals surface area (Å²) in [5, 5.41) is 17.4. The highest BCUT2D eigenvalue weighted by molar-refractivity contribution is 5.90. The maximum atomic E-state index is 13.2. The lowest BCUT2D eigenvalue weighted by molar-refractivity contribution is -0.118. The van der Waals surface area contributed by atoms with Gasteiger partial charge in [-0.2, -0.15) is 5.10 Å². The van der Waals surface area contributed by atoms with E-state index in [1.807, 2.05) is 6.07 Å². The Morgan fingerprint density at radius 1 is 1.36 bits per heavy atom. The van der Waals surface area contributed by atoms with E-state index in [4.69, 9.17) is 0 Å². The van der Waals surface area contributed by atoms with Gasteiger partial charge in [0.25, 0.3) is 0 Å². The van der Waals surface area contributed by atoms with Crippen LogP contribution < -0.4 is 5.32 Å². The van der Waals surface area contributed by atoms with E-state index in [-0.39, 0.29) is 12.3 Å². The number of benzene rings is 1. The third-order valence-electron chi connectivity index (χ3n) is 4.80. The molecule has 0 spiro atoms. The van der Waals surface area contributed by atoms with Crippen LogP contribution in [0, 0.1) is 5.82 Å². The number of anilines is 1. The average molecular weight is 345 g/mol. The number of hydrogen-bond donors (Lipinski definition) is 2. The molecule has 2 aromatic rings. The molecule has 0 bridgehead atoms. The highest BCUT2D eigenvalue weighted by Gasteiger charge is 2.20. The van der Waals surface area contributed by atoms with Crippen LogP contribution in [0.3, 0.4) is 0 Å². The van der Waals surface area contributed by atoms with Gasteiger partial charge in [-0.15, -0.1) is 0 Å². The zero-order valence-electron chi connectivity index (χ0n) is 14.4. The normalized spacial score (nSPS) is 16.6. The molecule has 1 saturated carbocycles. The molecule has 1 aromatic carbocycles. The van der Waals surface area contributed by atoms with Gasteiger partial charge < -0.3 is 10.4 Å². The number of rotatable bonds is 5.